The molecule has 2 N–H and O–H groups in total. The molecule has 2 aromatic heterocycles. The summed E-state index contributed by atoms with van der Waals surface area (Å²) in [7, 11) is 0. The lowest BCUT2D eigenvalue weighted by Crippen LogP contribution is -2.02. The molecule has 0 aliphatic carbocycles. The lowest BCUT2D eigenvalue weighted by molar-refractivity contribution is 0.681. The van der Waals surface area contributed by atoms with Crippen LogP contribution in [0.2, 0.25) is 0 Å². The molecule has 0 bridgehead atoms. The van der Waals surface area contributed by atoms with Crippen molar-refractivity contribution < 1.29 is 0 Å². The van der Waals surface area contributed by atoms with E-state index in [0.717, 1.165) is 18.7 Å². The van der Waals surface area contributed by atoms with Crippen molar-refractivity contribution in [3.63, 3.8) is 0 Å². The zero-order valence-corrected chi connectivity index (χ0v) is 10.5. The zero-order chi connectivity index (χ0) is 11.5. The smallest absolute Gasteiger partial charge is 0.179 e. The third-order valence-corrected chi connectivity index (χ3v) is 2.79. The highest BCUT2D eigenvalue weighted by atomic mass is 79.9. The Labute approximate surface area is 102 Å². The fraction of sp³-hybridized carbons (Fsp3) is 0.300. The molecule has 2 heterocycles. The van der Waals surface area contributed by atoms with E-state index < -0.39 is 0 Å². The summed E-state index contributed by atoms with van der Waals surface area (Å²) in [6, 6.07) is 0. The van der Waals surface area contributed by atoms with E-state index in [4.69, 9.17) is 5.73 Å². The lowest BCUT2D eigenvalue weighted by atomic mass is 10.4. The van der Waals surface area contributed by atoms with Gasteiger partial charge in [0.25, 0.3) is 0 Å². The van der Waals surface area contributed by atoms with Gasteiger partial charge in [0.1, 0.15) is 11.5 Å². The second-order valence-electron chi connectivity index (χ2n) is 3.40. The van der Waals surface area contributed by atoms with E-state index in [9.17, 15) is 0 Å². The van der Waals surface area contributed by atoms with E-state index in [1.807, 2.05) is 4.57 Å². The first-order valence-electron chi connectivity index (χ1n) is 5.01. The maximum absolute atomic E-state index is 5.72. The quantitative estimate of drug-likeness (QED) is 0.935. The Morgan fingerprint density at radius 3 is 2.94 bits per heavy atom. The fourth-order valence-electron chi connectivity index (χ4n) is 1.43. The summed E-state index contributed by atoms with van der Waals surface area (Å²) in [4.78, 5) is 12.5. The number of aryl methyl sites for hydroxylation is 1. The molecule has 0 fully saturated rings. The lowest BCUT2D eigenvalue weighted by Gasteiger charge is -2.06. The molecular weight excluding hydrogens is 270 g/mol. The Kier molecular flexibility index (Phi) is 3.19. The number of nitrogens with two attached hydrogens (primary N) is 1. The fourth-order valence-corrected chi connectivity index (χ4v) is 1.62. The summed E-state index contributed by atoms with van der Waals surface area (Å²) < 4.78 is 2.72. The summed E-state index contributed by atoms with van der Waals surface area (Å²) >= 11 is 3.27. The highest BCUT2D eigenvalue weighted by molar-refractivity contribution is 9.10. The van der Waals surface area contributed by atoms with E-state index in [-0.39, 0.29) is 0 Å². The van der Waals surface area contributed by atoms with Crippen LogP contribution in [0.3, 0.4) is 0 Å². The number of hydrogen-bond donors (Lipinski definition) is 1. The molecule has 2 rings (SSSR count). The van der Waals surface area contributed by atoms with Crippen molar-refractivity contribution in [1.82, 2.24) is 19.5 Å². The summed E-state index contributed by atoms with van der Waals surface area (Å²) in [5.74, 6) is 1.04. The Morgan fingerprint density at radius 2 is 2.25 bits per heavy atom. The molecule has 0 radical (unpaired) electrons. The number of hydrogen-bond acceptors (Lipinski definition) is 4. The average Bonchev–Trinajstić information content (AvgIpc) is 2.71. The second kappa shape index (κ2) is 4.61. The molecule has 84 valence electrons. The number of aromatic nitrogens is 4. The topological polar surface area (TPSA) is 69.6 Å². The minimum atomic E-state index is 0.439. The normalized spacial score (nSPS) is 10.6. The molecule has 5 nitrogen and oxygen atoms in total. The maximum atomic E-state index is 5.72. The molecule has 0 unspecified atom stereocenters. The van der Waals surface area contributed by atoms with E-state index in [1.54, 1.807) is 18.7 Å². The van der Waals surface area contributed by atoms with Gasteiger partial charge in [0.05, 0.1) is 17.0 Å². The number of nitrogens with zero attached hydrogens (tertiary/aromatic N) is 4. The van der Waals surface area contributed by atoms with E-state index >= 15 is 0 Å². The van der Waals surface area contributed by atoms with Crippen molar-refractivity contribution in [3.05, 3.63) is 23.2 Å². The van der Waals surface area contributed by atoms with Crippen LogP contribution in [0.15, 0.2) is 23.2 Å². The van der Waals surface area contributed by atoms with Crippen LogP contribution in [0.5, 0.6) is 0 Å². The van der Waals surface area contributed by atoms with Crippen LogP contribution in [0.4, 0.5) is 5.82 Å². The number of nitrogen functional groups attached to an aromatic ring is 1. The van der Waals surface area contributed by atoms with Crippen LogP contribution in [-0.2, 0) is 6.54 Å². The highest BCUT2D eigenvalue weighted by Crippen LogP contribution is 2.20. The Bertz CT molecular complexity index is 494. The number of halogens is 1. The van der Waals surface area contributed by atoms with Crippen LogP contribution in [0.1, 0.15) is 13.3 Å². The molecule has 0 amide bonds. The number of anilines is 1. The first-order valence-corrected chi connectivity index (χ1v) is 5.80. The summed E-state index contributed by atoms with van der Waals surface area (Å²) in [5.41, 5.74) is 6.61. The minimum Gasteiger partial charge on any atom is -0.383 e. The second-order valence-corrected chi connectivity index (χ2v) is 4.25. The molecule has 0 spiro atoms. The third-order valence-electron chi connectivity index (χ3n) is 2.18. The third kappa shape index (κ3) is 2.06. The van der Waals surface area contributed by atoms with E-state index in [0.29, 0.717) is 16.1 Å². The van der Waals surface area contributed by atoms with Gasteiger partial charge in [-0.25, -0.2) is 15.0 Å². The molecule has 0 aromatic carbocycles. The van der Waals surface area contributed by atoms with Crippen molar-refractivity contribution >= 4 is 21.7 Å². The Balaban J connectivity index is 2.42. The van der Waals surface area contributed by atoms with Crippen LogP contribution < -0.4 is 5.73 Å². The van der Waals surface area contributed by atoms with Crippen molar-refractivity contribution in [1.29, 1.82) is 0 Å². The van der Waals surface area contributed by atoms with Crippen molar-refractivity contribution in [3.8, 4) is 11.5 Å². The molecule has 0 atom stereocenters. The van der Waals surface area contributed by atoms with Crippen molar-refractivity contribution in [2.24, 2.45) is 0 Å². The van der Waals surface area contributed by atoms with Gasteiger partial charge in [-0.3, -0.25) is 0 Å². The molecule has 6 heteroatoms. The Morgan fingerprint density at radius 1 is 1.44 bits per heavy atom. The van der Waals surface area contributed by atoms with Crippen molar-refractivity contribution in [2.75, 3.05) is 5.73 Å². The van der Waals surface area contributed by atoms with Gasteiger partial charge >= 0.3 is 0 Å². The highest BCUT2D eigenvalue weighted by Gasteiger charge is 2.09. The van der Waals surface area contributed by atoms with Gasteiger partial charge in [-0.1, -0.05) is 6.92 Å². The van der Waals surface area contributed by atoms with Crippen molar-refractivity contribution in [2.45, 2.75) is 19.9 Å². The van der Waals surface area contributed by atoms with Gasteiger partial charge in [0.2, 0.25) is 0 Å². The number of rotatable bonds is 3. The molecule has 0 saturated carbocycles. The summed E-state index contributed by atoms with van der Waals surface area (Å²) in [6.45, 7) is 3.01. The molecule has 2 aromatic rings. The Hall–Kier alpha value is -1.43. The molecule has 0 saturated heterocycles. The summed E-state index contributed by atoms with van der Waals surface area (Å²) in [6.07, 6.45) is 6.22. The van der Waals surface area contributed by atoms with Crippen LogP contribution in [0, 0.1) is 0 Å². The predicted octanol–water partition coefficient (Wildman–Crippen LogP) is 2.09. The largest absolute Gasteiger partial charge is 0.383 e. The van der Waals surface area contributed by atoms with Crippen LogP contribution in [0.25, 0.3) is 11.5 Å². The van der Waals surface area contributed by atoms with Crippen LogP contribution >= 0.6 is 15.9 Å². The zero-order valence-electron chi connectivity index (χ0n) is 8.89. The molecule has 0 aliphatic rings. The van der Waals surface area contributed by atoms with E-state index in [1.165, 1.54) is 0 Å². The summed E-state index contributed by atoms with van der Waals surface area (Å²) in [5, 5.41) is 0. The molecule has 16 heavy (non-hydrogen) atoms. The van der Waals surface area contributed by atoms with Crippen LogP contribution in [-0.4, -0.2) is 19.5 Å². The predicted molar refractivity (Wildman–Crippen MR) is 65.7 cm³/mol. The maximum Gasteiger partial charge on any atom is 0.179 e. The van der Waals surface area contributed by atoms with Gasteiger partial charge in [0.15, 0.2) is 5.82 Å². The monoisotopic (exact) mass is 281 g/mol. The molecular formula is C10H12BrN5. The first-order chi connectivity index (χ1) is 7.72. The molecule has 0 aliphatic heterocycles. The standard InChI is InChI=1S/C10H12BrN5/c1-2-3-16-6-13-5-8(16)10-14-4-7(11)9(12)15-10/h4-6H,2-3H2,1H3,(H2,12,14,15). The first kappa shape index (κ1) is 11.1. The SMILES string of the molecule is CCCn1cncc1-c1ncc(Br)c(N)n1. The van der Waals surface area contributed by atoms with Gasteiger partial charge < -0.3 is 10.3 Å². The average molecular weight is 282 g/mol. The van der Waals surface area contributed by atoms with Gasteiger partial charge in [-0.15, -0.1) is 0 Å². The van der Waals surface area contributed by atoms with Gasteiger partial charge in [-0.05, 0) is 22.4 Å². The minimum absolute atomic E-state index is 0.439. The van der Waals surface area contributed by atoms with Gasteiger partial charge in [0, 0.05) is 12.7 Å². The van der Waals surface area contributed by atoms with Gasteiger partial charge in [-0.2, -0.15) is 0 Å². The number of imidazole rings is 1. The van der Waals surface area contributed by atoms with E-state index in [2.05, 4.69) is 37.8 Å².